The highest BCUT2D eigenvalue weighted by molar-refractivity contribution is 7.89. The first-order valence-corrected chi connectivity index (χ1v) is 11.5. The Morgan fingerprint density at radius 1 is 1.06 bits per heavy atom. The number of aromatic nitrogens is 1. The number of nitrogens with one attached hydrogen (secondary N) is 3. The van der Waals surface area contributed by atoms with Gasteiger partial charge in [-0.05, 0) is 50.7 Å². The van der Waals surface area contributed by atoms with Crippen molar-refractivity contribution in [1.82, 2.24) is 20.3 Å². The molecule has 0 bridgehead atoms. The van der Waals surface area contributed by atoms with Crippen LogP contribution in [0.15, 0.2) is 69.1 Å². The molecule has 0 unspecified atom stereocenters. The van der Waals surface area contributed by atoms with Crippen molar-refractivity contribution < 1.29 is 12.8 Å². The highest BCUT2D eigenvalue weighted by atomic mass is 32.2. The fourth-order valence-corrected chi connectivity index (χ4v) is 3.53. The summed E-state index contributed by atoms with van der Waals surface area (Å²) >= 11 is 0. The molecule has 1 heterocycles. The number of benzene rings is 2. The number of rotatable bonds is 8. The van der Waals surface area contributed by atoms with Gasteiger partial charge in [-0.2, -0.15) is 0 Å². The predicted molar refractivity (Wildman–Crippen MR) is 121 cm³/mol. The zero-order valence-corrected chi connectivity index (χ0v) is 18.7. The standard InChI is InChI=1S/C22H27N5O3S/c1-4-24-22(25-13-17-7-11-20(12-8-17)31(28,29)23-3)26-14-19-15-30-21(27-19)18-9-5-16(2)6-10-18/h5-12,15,23H,4,13-14H2,1-3H3,(H2,24,25,26). The summed E-state index contributed by atoms with van der Waals surface area (Å²) in [4.78, 5) is 9.31. The summed E-state index contributed by atoms with van der Waals surface area (Å²) in [6.45, 7) is 5.59. The highest BCUT2D eigenvalue weighted by Gasteiger charge is 2.10. The van der Waals surface area contributed by atoms with Crippen molar-refractivity contribution in [2.45, 2.75) is 31.8 Å². The Morgan fingerprint density at radius 3 is 2.42 bits per heavy atom. The second kappa shape index (κ2) is 10.2. The van der Waals surface area contributed by atoms with Gasteiger partial charge in [0, 0.05) is 12.1 Å². The van der Waals surface area contributed by atoms with Gasteiger partial charge in [0.25, 0.3) is 0 Å². The Bertz CT molecular complexity index is 1120. The number of aliphatic imine (C=N–C) groups is 1. The van der Waals surface area contributed by atoms with E-state index in [4.69, 9.17) is 4.42 Å². The van der Waals surface area contributed by atoms with E-state index in [0.29, 0.717) is 31.5 Å². The number of sulfonamides is 1. The largest absolute Gasteiger partial charge is 0.444 e. The molecule has 3 aromatic rings. The molecule has 31 heavy (non-hydrogen) atoms. The highest BCUT2D eigenvalue weighted by Crippen LogP contribution is 2.19. The number of hydrogen-bond acceptors (Lipinski definition) is 5. The molecule has 8 nitrogen and oxygen atoms in total. The lowest BCUT2D eigenvalue weighted by molar-refractivity contribution is 0.572. The van der Waals surface area contributed by atoms with Gasteiger partial charge >= 0.3 is 0 Å². The van der Waals surface area contributed by atoms with Gasteiger partial charge in [0.15, 0.2) is 5.96 Å². The quantitative estimate of drug-likeness (QED) is 0.366. The topological polar surface area (TPSA) is 109 Å². The van der Waals surface area contributed by atoms with E-state index in [1.54, 1.807) is 30.5 Å². The van der Waals surface area contributed by atoms with Crippen LogP contribution in [0, 0.1) is 6.92 Å². The third kappa shape index (κ3) is 6.16. The molecular formula is C22H27N5O3S. The summed E-state index contributed by atoms with van der Waals surface area (Å²) in [5.74, 6) is 1.21. The van der Waals surface area contributed by atoms with E-state index in [1.165, 1.54) is 12.6 Å². The Balaban J connectivity index is 1.62. The van der Waals surface area contributed by atoms with Gasteiger partial charge in [0.2, 0.25) is 15.9 Å². The Labute approximate surface area is 182 Å². The molecule has 0 fully saturated rings. The Hall–Kier alpha value is -3.17. The zero-order valence-electron chi connectivity index (χ0n) is 17.8. The van der Waals surface area contributed by atoms with Crippen LogP contribution in [0.2, 0.25) is 0 Å². The van der Waals surface area contributed by atoms with E-state index in [-0.39, 0.29) is 4.90 Å². The minimum atomic E-state index is -3.44. The Morgan fingerprint density at radius 2 is 1.77 bits per heavy atom. The minimum Gasteiger partial charge on any atom is -0.444 e. The summed E-state index contributed by atoms with van der Waals surface area (Å²) in [5.41, 5.74) is 3.78. The van der Waals surface area contributed by atoms with Gasteiger partial charge in [0.05, 0.1) is 23.7 Å². The second-order valence-electron chi connectivity index (χ2n) is 6.91. The van der Waals surface area contributed by atoms with Crippen LogP contribution < -0.4 is 15.4 Å². The minimum absolute atomic E-state index is 0.225. The maximum absolute atomic E-state index is 11.8. The Kier molecular flexibility index (Phi) is 7.43. The molecule has 0 amide bonds. The van der Waals surface area contributed by atoms with Gasteiger partial charge in [-0.1, -0.05) is 29.8 Å². The van der Waals surface area contributed by atoms with Crippen molar-refractivity contribution in [2.24, 2.45) is 4.99 Å². The molecule has 3 rings (SSSR count). The van der Waals surface area contributed by atoms with Crippen LogP contribution in [0.25, 0.3) is 11.5 Å². The number of nitrogens with zero attached hydrogens (tertiary/aromatic N) is 2. The number of aryl methyl sites for hydroxylation is 1. The number of guanidine groups is 1. The monoisotopic (exact) mass is 441 g/mol. The van der Waals surface area contributed by atoms with E-state index >= 15 is 0 Å². The first-order chi connectivity index (χ1) is 14.9. The number of oxazole rings is 1. The smallest absolute Gasteiger partial charge is 0.240 e. The van der Waals surface area contributed by atoms with Gasteiger partial charge < -0.3 is 15.1 Å². The molecular weight excluding hydrogens is 414 g/mol. The van der Waals surface area contributed by atoms with E-state index in [0.717, 1.165) is 16.8 Å². The van der Waals surface area contributed by atoms with Crippen molar-refractivity contribution in [2.75, 3.05) is 13.6 Å². The molecule has 0 saturated heterocycles. The van der Waals surface area contributed by atoms with E-state index in [1.807, 2.05) is 38.1 Å². The fourth-order valence-electron chi connectivity index (χ4n) is 2.80. The molecule has 0 aliphatic rings. The predicted octanol–water partition coefficient (Wildman–Crippen LogP) is 2.81. The molecule has 3 N–H and O–H groups in total. The van der Waals surface area contributed by atoms with Crippen molar-refractivity contribution in [1.29, 1.82) is 0 Å². The molecule has 0 aliphatic heterocycles. The first kappa shape index (κ1) is 22.5. The zero-order chi connectivity index (χ0) is 22.3. The summed E-state index contributed by atoms with van der Waals surface area (Å²) in [6, 6.07) is 14.7. The van der Waals surface area contributed by atoms with Crippen LogP contribution >= 0.6 is 0 Å². The van der Waals surface area contributed by atoms with Crippen LogP contribution in [-0.4, -0.2) is 33.0 Å². The first-order valence-electron chi connectivity index (χ1n) is 9.97. The molecule has 0 saturated carbocycles. The van der Waals surface area contributed by atoms with Gasteiger partial charge in [-0.25, -0.2) is 23.1 Å². The van der Waals surface area contributed by atoms with Crippen LogP contribution in [0.4, 0.5) is 0 Å². The SMILES string of the molecule is CCNC(=NCc1ccc(S(=O)(=O)NC)cc1)NCc1coc(-c2ccc(C)cc2)n1. The van der Waals surface area contributed by atoms with Gasteiger partial charge in [-0.3, -0.25) is 0 Å². The third-order valence-electron chi connectivity index (χ3n) is 4.55. The molecule has 0 aliphatic carbocycles. The van der Waals surface area contributed by atoms with Crippen molar-refractivity contribution >= 4 is 16.0 Å². The molecule has 0 radical (unpaired) electrons. The molecule has 2 aromatic carbocycles. The van der Waals surface area contributed by atoms with Crippen LogP contribution in [-0.2, 0) is 23.1 Å². The average molecular weight is 442 g/mol. The molecule has 0 atom stereocenters. The van der Waals surface area contributed by atoms with Gasteiger partial charge in [0.1, 0.15) is 6.26 Å². The molecule has 0 spiro atoms. The average Bonchev–Trinajstić information content (AvgIpc) is 3.25. The number of hydrogen-bond donors (Lipinski definition) is 3. The maximum atomic E-state index is 11.8. The lowest BCUT2D eigenvalue weighted by atomic mass is 10.1. The summed E-state index contributed by atoms with van der Waals surface area (Å²) in [5, 5.41) is 6.42. The molecule has 164 valence electrons. The van der Waals surface area contributed by atoms with Crippen molar-refractivity contribution in [3.05, 3.63) is 71.6 Å². The maximum Gasteiger partial charge on any atom is 0.240 e. The van der Waals surface area contributed by atoms with E-state index in [9.17, 15) is 8.42 Å². The van der Waals surface area contributed by atoms with Crippen LogP contribution in [0.5, 0.6) is 0 Å². The summed E-state index contributed by atoms with van der Waals surface area (Å²) in [6.07, 6.45) is 1.63. The lowest BCUT2D eigenvalue weighted by Gasteiger charge is -2.10. The second-order valence-corrected chi connectivity index (χ2v) is 8.80. The molecule has 9 heteroatoms. The van der Waals surface area contributed by atoms with E-state index < -0.39 is 10.0 Å². The normalized spacial score (nSPS) is 12.0. The summed E-state index contributed by atoms with van der Waals surface area (Å²) < 4.78 is 31.5. The summed E-state index contributed by atoms with van der Waals surface area (Å²) in [7, 11) is -2.05. The van der Waals surface area contributed by atoms with Crippen LogP contribution in [0.1, 0.15) is 23.7 Å². The van der Waals surface area contributed by atoms with Gasteiger partial charge in [-0.15, -0.1) is 0 Å². The third-order valence-corrected chi connectivity index (χ3v) is 5.98. The van der Waals surface area contributed by atoms with E-state index in [2.05, 4.69) is 25.3 Å². The van der Waals surface area contributed by atoms with Crippen molar-refractivity contribution in [3.8, 4) is 11.5 Å². The van der Waals surface area contributed by atoms with Crippen LogP contribution in [0.3, 0.4) is 0 Å². The molecule has 1 aromatic heterocycles. The van der Waals surface area contributed by atoms with Crippen molar-refractivity contribution in [3.63, 3.8) is 0 Å². The fraction of sp³-hybridized carbons (Fsp3) is 0.273. The lowest BCUT2D eigenvalue weighted by Crippen LogP contribution is -2.36.